The number of halogens is 4. The van der Waals surface area contributed by atoms with Gasteiger partial charge in [-0.3, -0.25) is 0 Å². The minimum atomic E-state index is -1.67. The monoisotopic (exact) mass is 498 g/mol. The summed E-state index contributed by atoms with van der Waals surface area (Å²) in [5, 5.41) is 9.35. The van der Waals surface area contributed by atoms with E-state index in [0.717, 1.165) is 36.3 Å². The molecule has 3 aromatic rings. The number of hydrogen-bond donors (Lipinski definition) is 1. The van der Waals surface area contributed by atoms with E-state index >= 15 is 4.39 Å². The second-order valence-electron chi connectivity index (χ2n) is 9.82. The zero-order valence-corrected chi connectivity index (χ0v) is 20.3. The maximum Gasteiger partial charge on any atom is 0.338 e. The second-order valence-corrected chi connectivity index (χ2v) is 9.82. The number of carboxylic acid groups (broad SMARTS) is 1. The fraction of sp³-hybridized carbons (Fsp3) is 0.367. The average Bonchev–Trinajstić information content (AvgIpc) is 2.86. The molecule has 36 heavy (non-hydrogen) atoms. The summed E-state index contributed by atoms with van der Waals surface area (Å²) in [4.78, 5) is 11.5. The minimum Gasteiger partial charge on any atom is -0.478 e. The summed E-state index contributed by atoms with van der Waals surface area (Å²) in [6.07, 6.45) is 9.76. The number of carboxylic acids is 1. The Bertz CT molecular complexity index is 1210. The van der Waals surface area contributed by atoms with E-state index in [1.54, 1.807) is 12.1 Å². The summed E-state index contributed by atoms with van der Waals surface area (Å²) in [5.41, 5.74) is 0.772. The summed E-state index contributed by atoms with van der Waals surface area (Å²) in [6, 6.07) is 11.4. The van der Waals surface area contributed by atoms with Crippen molar-refractivity contribution < 1.29 is 27.5 Å². The van der Waals surface area contributed by atoms with Gasteiger partial charge in [-0.25, -0.2) is 22.4 Å². The highest BCUT2D eigenvalue weighted by atomic mass is 19.2. The molecule has 0 bridgehead atoms. The van der Waals surface area contributed by atoms with Crippen LogP contribution in [0.25, 0.3) is 22.3 Å². The van der Waals surface area contributed by atoms with E-state index in [9.17, 15) is 23.1 Å². The smallest absolute Gasteiger partial charge is 0.338 e. The number of carbonyl (C=O) groups is 1. The van der Waals surface area contributed by atoms with Crippen molar-refractivity contribution >= 4 is 5.97 Å². The van der Waals surface area contributed by atoms with Gasteiger partial charge in [0.05, 0.1) is 5.56 Å². The van der Waals surface area contributed by atoms with Crippen LogP contribution in [-0.4, -0.2) is 11.1 Å². The maximum absolute atomic E-state index is 15.3. The van der Waals surface area contributed by atoms with Crippen LogP contribution < -0.4 is 0 Å². The predicted molar refractivity (Wildman–Crippen MR) is 133 cm³/mol. The number of aryl methyl sites for hydroxylation is 1. The first-order valence-corrected chi connectivity index (χ1v) is 12.6. The summed E-state index contributed by atoms with van der Waals surface area (Å²) in [7, 11) is 0. The van der Waals surface area contributed by atoms with Crippen molar-refractivity contribution in [1.82, 2.24) is 0 Å². The van der Waals surface area contributed by atoms with Crippen molar-refractivity contribution in [2.24, 2.45) is 11.8 Å². The lowest BCUT2D eigenvalue weighted by molar-refractivity contribution is 0.0692. The summed E-state index contributed by atoms with van der Waals surface area (Å²) in [5.74, 6) is -5.67. The Kier molecular flexibility index (Phi) is 8.12. The summed E-state index contributed by atoms with van der Waals surface area (Å²) >= 11 is 0. The predicted octanol–water partition coefficient (Wildman–Crippen LogP) is 8.81. The molecule has 1 aliphatic carbocycles. The molecule has 6 heteroatoms. The van der Waals surface area contributed by atoms with E-state index in [-0.39, 0.29) is 16.7 Å². The number of rotatable bonds is 8. The van der Waals surface area contributed by atoms with Crippen molar-refractivity contribution in [2.75, 3.05) is 0 Å². The Morgan fingerprint density at radius 2 is 1.39 bits per heavy atom. The van der Waals surface area contributed by atoms with Gasteiger partial charge >= 0.3 is 5.97 Å². The summed E-state index contributed by atoms with van der Waals surface area (Å²) in [6.45, 7) is 2.24. The van der Waals surface area contributed by atoms with Crippen molar-refractivity contribution in [3.63, 3.8) is 0 Å². The molecule has 0 unspecified atom stereocenters. The highest BCUT2D eigenvalue weighted by Gasteiger charge is 2.23. The second kappa shape index (κ2) is 11.3. The SMILES string of the molecule is CCCC1CCC(CCc2ccc(-c3ccc(C(=O)O)c(F)c3-c3cc(F)c(F)c(F)c3)cc2)CC1. The van der Waals surface area contributed by atoms with E-state index in [1.165, 1.54) is 44.6 Å². The van der Waals surface area contributed by atoms with Gasteiger partial charge in [-0.2, -0.15) is 0 Å². The van der Waals surface area contributed by atoms with E-state index in [0.29, 0.717) is 17.7 Å². The molecule has 0 radical (unpaired) electrons. The molecule has 0 atom stereocenters. The molecule has 1 fully saturated rings. The highest BCUT2D eigenvalue weighted by Crippen LogP contribution is 2.38. The lowest BCUT2D eigenvalue weighted by atomic mass is 9.78. The van der Waals surface area contributed by atoms with Gasteiger partial charge < -0.3 is 5.11 Å². The molecule has 190 valence electrons. The molecule has 0 aromatic heterocycles. The van der Waals surface area contributed by atoms with Crippen LogP contribution in [0.1, 0.15) is 67.8 Å². The van der Waals surface area contributed by atoms with E-state index in [1.807, 2.05) is 12.1 Å². The molecule has 2 nitrogen and oxygen atoms in total. The molecule has 0 aliphatic heterocycles. The molecule has 0 heterocycles. The van der Waals surface area contributed by atoms with Crippen LogP contribution in [0.5, 0.6) is 0 Å². The van der Waals surface area contributed by atoms with Crippen LogP contribution in [0.4, 0.5) is 17.6 Å². The van der Waals surface area contributed by atoms with Crippen LogP contribution in [0.3, 0.4) is 0 Å². The van der Waals surface area contributed by atoms with Crippen molar-refractivity contribution in [1.29, 1.82) is 0 Å². The lowest BCUT2D eigenvalue weighted by Crippen LogP contribution is -2.15. The third kappa shape index (κ3) is 5.63. The van der Waals surface area contributed by atoms with Crippen molar-refractivity contribution in [3.8, 4) is 22.3 Å². The Balaban J connectivity index is 1.58. The number of benzene rings is 3. The first-order valence-electron chi connectivity index (χ1n) is 12.6. The molecular formula is C30H30F4O2. The number of hydrogen-bond acceptors (Lipinski definition) is 1. The quantitative estimate of drug-likeness (QED) is 0.249. The molecule has 0 saturated heterocycles. The van der Waals surface area contributed by atoms with Gasteiger partial charge in [0, 0.05) is 5.56 Å². The zero-order chi connectivity index (χ0) is 25.8. The van der Waals surface area contributed by atoms with E-state index in [4.69, 9.17) is 0 Å². The molecular weight excluding hydrogens is 468 g/mol. The Hall–Kier alpha value is -3.15. The molecule has 4 rings (SSSR count). The molecule has 1 N–H and O–H groups in total. The average molecular weight is 499 g/mol. The molecule has 0 amide bonds. The third-order valence-corrected chi connectivity index (χ3v) is 7.41. The Morgan fingerprint density at radius 3 is 1.94 bits per heavy atom. The largest absolute Gasteiger partial charge is 0.478 e. The standard InChI is InChI=1S/C30H30F4O2/c1-2-3-18-4-6-19(7-5-18)8-9-20-10-12-21(13-11-20)23-14-15-24(30(35)36)28(33)27(23)22-16-25(31)29(34)26(32)17-22/h10-19H,2-9H2,1H3,(H,35,36). The van der Waals surface area contributed by atoms with Crippen LogP contribution in [0.2, 0.25) is 0 Å². The van der Waals surface area contributed by atoms with Crippen LogP contribution in [0.15, 0.2) is 48.5 Å². The van der Waals surface area contributed by atoms with E-state index in [2.05, 4.69) is 6.92 Å². The molecule has 1 saturated carbocycles. The topological polar surface area (TPSA) is 37.3 Å². The van der Waals surface area contributed by atoms with Crippen LogP contribution in [-0.2, 0) is 6.42 Å². The Labute approximate surface area is 209 Å². The zero-order valence-electron chi connectivity index (χ0n) is 20.3. The van der Waals surface area contributed by atoms with Gasteiger partial charge in [0.2, 0.25) is 0 Å². The van der Waals surface area contributed by atoms with Gasteiger partial charge in [0.1, 0.15) is 5.82 Å². The third-order valence-electron chi connectivity index (χ3n) is 7.41. The van der Waals surface area contributed by atoms with Crippen LogP contribution >= 0.6 is 0 Å². The highest BCUT2D eigenvalue weighted by molar-refractivity contribution is 5.94. The summed E-state index contributed by atoms with van der Waals surface area (Å²) < 4.78 is 56.7. The van der Waals surface area contributed by atoms with E-state index < -0.39 is 34.8 Å². The lowest BCUT2D eigenvalue weighted by Gasteiger charge is -2.28. The van der Waals surface area contributed by atoms with Gasteiger partial charge in [0.25, 0.3) is 0 Å². The van der Waals surface area contributed by atoms with Gasteiger partial charge in [-0.15, -0.1) is 0 Å². The fourth-order valence-electron chi connectivity index (χ4n) is 5.40. The minimum absolute atomic E-state index is 0.267. The van der Waals surface area contributed by atoms with Gasteiger partial charge in [-0.1, -0.05) is 75.8 Å². The molecule has 3 aromatic carbocycles. The van der Waals surface area contributed by atoms with Gasteiger partial charge in [-0.05, 0) is 65.1 Å². The number of aromatic carboxylic acids is 1. The normalized spacial score (nSPS) is 17.8. The maximum atomic E-state index is 15.3. The first-order chi connectivity index (χ1) is 17.3. The molecule has 0 spiro atoms. The fourth-order valence-corrected chi connectivity index (χ4v) is 5.40. The van der Waals surface area contributed by atoms with Crippen molar-refractivity contribution in [3.05, 3.63) is 82.9 Å². The van der Waals surface area contributed by atoms with Crippen molar-refractivity contribution in [2.45, 2.75) is 58.3 Å². The molecule has 1 aliphatic rings. The first kappa shape index (κ1) is 25.9. The van der Waals surface area contributed by atoms with Gasteiger partial charge in [0.15, 0.2) is 17.5 Å². The Morgan fingerprint density at radius 1 is 0.806 bits per heavy atom. The van der Waals surface area contributed by atoms with Crippen LogP contribution in [0, 0.1) is 35.1 Å².